The lowest BCUT2D eigenvalue weighted by molar-refractivity contribution is 0.0376. The Kier molecular flexibility index (Phi) is 5.95. The maximum Gasteiger partial charge on any atom is 0.253 e. The number of hydrogen-bond donors (Lipinski definition) is 1. The molecule has 1 aromatic carbocycles. The molecule has 2 fully saturated rings. The van der Waals surface area contributed by atoms with Gasteiger partial charge >= 0.3 is 0 Å². The second-order valence-corrected chi connectivity index (χ2v) is 8.62. The van der Waals surface area contributed by atoms with Gasteiger partial charge in [-0.15, -0.1) is 0 Å². The second kappa shape index (κ2) is 8.49. The number of aryl methyl sites for hydroxylation is 2. The molecule has 2 atom stereocenters. The molecular weight excluding hydrogens is 402 g/mol. The van der Waals surface area contributed by atoms with Gasteiger partial charge in [0.05, 0.1) is 12.1 Å². The number of benzene rings is 1. The summed E-state index contributed by atoms with van der Waals surface area (Å²) in [5.74, 6) is 1.70. The third-order valence-electron chi connectivity index (χ3n) is 6.20. The number of anilines is 1. The van der Waals surface area contributed by atoms with E-state index >= 15 is 0 Å². The van der Waals surface area contributed by atoms with Crippen LogP contribution in [0.3, 0.4) is 0 Å². The van der Waals surface area contributed by atoms with E-state index in [1.54, 1.807) is 24.3 Å². The summed E-state index contributed by atoms with van der Waals surface area (Å²) in [6.45, 7) is 10.0. The van der Waals surface area contributed by atoms with Crippen LogP contribution in [0.1, 0.15) is 27.4 Å². The zero-order valence-corrected chi connectivity index (χ0v) is 18.4. The predicted molar refractivity (Wildman–Crippen MR) is 117 cm³/mol. The lowest BCUT2D eigenvalue weighted by atomic mass is 10.1. The zero-order valence-electron chi connectivity index (χ0n) is 17.7. The molecule has 8 heteroatoms. The van der Waals surface area contributed by atoms with Crippen molar-refractivity contribution in [2.24, 2.45) is 0 Å². The largest absolute Gasteiger partial charge is 0.390 e. The maximum absolute atomic E-state index is 12.7. The van der Waals surface area contributed by atoms with Crippen molar-refractivity contribution < 1.29 is 9.90 Å². The molecular formula is C22H28ClN5O2. The number of rotatable bonds is 3. The number of hydrogen-bond acceptors (Lipinski definition) is 6. The average molecular weight is 430 g/mol. The number of carbonyl (C=O) groups excluding carboxylic acids is 1. The van der Waals surface area contributed by atoms with Crippen molar-refractivity contribution in [2.45, 2.75) is 32.9 Å². The van der Waals surface area contributed by atoms with E-state index in [2.05, 4.69) is 19.8 Å². The van der Waals surface area contributed by atoms with Crippen LogP contribution >= 0.6 is 11.6 Å². The molecule has 1 aromatic heterocycles. The normalized spacial score (nSPS) is 22.6. The van der Waals surface area contributed by atoms with Crippen molar-refractivity contribution >= 4 is 23.3 Å². The lowest BCUT2D eigenvalue weighted by Crippen LogP contribution is -2.54. The first-order valence-corrected chi connectivity index (χ1v) is 10.7. The average Bonchev–Trinajstić information content (AvgIpc) is 3.12. The molecule has 7 nitrogen and oxygen atoms in total. The van der Waals surface area contributed by atoms with Gasteiger partial charge in [-0.1, -0.05) is 11.6 Å². The van der Waals surface area contributed by atoms with Crippen LogP contribution in [0.5, 0.6) is 0 Å². The summed E-state index contributed by atoms with van der Waals surface area (Å²) in [4.78, 5) is 28.1. The molecule has 2 aliphatic heterocycles. The van der Waals surface area contributed by atoms with Gasteiger partial charge in [0, 0.05) is 61.1 Å². The summed E-state index contributed by atoms with van der Waals surface area (Å²) in [7, 11) is 0. The van der Waals surface area contributed by atoms with Crippen molar-refractivity contribution in [3.05, 3.63) is 51.9 Å². The second-order valence-electron chi connectivity index (χ2n) is 8.18. The maximum atomic E-state index is 12.7. The first-order chi connectivity index (χ1) is 14.3. The van der Waals surface area contributed by atoms with Gasteiger partial charge < -0.3 is 14.9 Å². The summed E-state index contributed by atoms with van der Waals surface area (Å²) in [6, 6.07) is 7.06. The molecule has 1 amide bonds. The fourth-order valence-corrected chi connectivity index (χ4v) is 4.52. The number of carbonyl (C=O) groups is 1. The number of aliphatic hydroxyl groups excluding tert-OH is 1. The van der Waals surface area contributed by atoms with Crippen molar-refractivity contribution in [1.29, 1.82) is 0 Å². The SMILES string of the molecule is Cc1nc(C)c(C)c(N2C[C@@H](O)[C@H](N3CCN(C(=O)c4ccc(Cl)cc4)CC3)C2)n1. The molecule has 30 heavy (non-hydrogen) atoms. The third-order valence-corrected chi connectivity index (χ3v) is 6.45. The van der Waals surface area contributed by atoms with Crippen molar-refractivity contribution in [1.82, 2.24) is 19.8 Å². The Labute approximate surface area is 182 Å². The van der Waals surface area contributed by atoms with Crippen LogP contribution in [0.2, 0.25) is 5.02 Å². The minimum atomic E-state index is -0.446. The Morgan fingerprint density at radius 3 is 2.37 bits per heavy atom. The highest BCUT2D eigenvalue weighted by atomic mass is 35.5. The molecule has 160 valence electrons. The van der Waals surface area contributed by atoms with Crippen LogP contribution in [0, 0.1) is 20.8 Å². The van der Waals surface area contributed by atoms with E-state index in [0.29, 0.717) is 30.2 Å². The highest BCUT2D eigenvalue weighted by Crippen LogP contribution is 2.27. The van der Waals surface area contributed by atoms with Crippen LogP contribution in [0.25, 0.3) is 0 Å². The van der Waals surface area contributed by atoms with Gasteiger partial charge in [0.1, 0.15) is 11.6 Å². The summed E-state index contributed by atoms with van der Waals surface area (Å²) in [5.41, 5.74) is 2.70. The molecule has 0 spiro atoms. The van der Waals surface area contributed by atoms with E-state index in [-0.39, 0.29) is 11.9 Å². The molecule has 2 aliphatic rings. The van der Waals surface area contributed by atoms with E-state index < -0.39 is 6.10 Å². The van der Waals surface area contributed by atoms with Crippen molar-refractivity contribution in [3.63, 3.8) is 0 Å². The zero-order chi connectivity index (χ0) is 21.4. The van der Waals surface area contributed by atoms with Gasteiger partial charge in [-0.3, -0.25) is 9.69 Å². The van der Waals surface area contributed by atoms with Crippen LogP contribution in [0.15, 0.2) is 24.3 Å². The van der Waals surface area contributed by atoms with E-state index in [4.69, 9.17) is 11.6 Å². The van der Waals surface area contributed by atoms with Crippen LogP contribution in [-0.4, -0.2) is 82.2 Å². The number of halogens is 1. The summed E-state index contributed by atoms with van der Waals surface area (Å²) in [6.07, 6.45) is -0.446. The third kappa shape index (κ3) is 4.15. The molecule has 3 heterocycles. The fraction of sp³-hybridized carbons (Fsp3) is 0.500. The first kappa shape index (κ1) is 21.0. The van der Waals surface area contributed by atoms with E-state index in [0.717, 1.165) is 42.5 Å². The Morgan fingerprint density at radius 2 is 1.70 bits per heavy atom. The molecule has 0 saturated carbocycles. The van der Waals surface area contributed by atoms with Crippen molar-refractivity contribution in [3.8, 4) is 0 Å². The molecule has 1 N–H and O–H groups in total. The minimum absolute atomic E-state index is 0.0301. The number of aliphatic hydroxyl groups is 1. The molecule has 4 rings (SSSR count). The molecule has 0 unspecified atom stereocenters. The molecule has 0 aliphatic carbocycles. The predicted octanol–water partition coefficient (Wildman–Crippen LogP) is 2.06. The topological polar surface area (TPSA) is 72.8 Å². The lowest BCUT2D eigenvalue weighted by Gasteiger charge is -2.38. The standard InChI is InChI=1S/C22H28ClN5O2/c1-14-15(2)24-16(3)25-21(14)28-12-19(20(29)13-28)26-8-10-27(11-9-26)22(30)17-4-6-18(23)7-5-17/h4-7,19-20,29H,8-13H2,1-3H3/t19-,20-/m1/s1. The Morgan fingerprint density at radius 1 is 1.03 bits per heavy atom. The number of amides is 1. The molecule has 2 saturated heterocycles. The van der Waals surface area contributed by atoms with E-state index in [1.807, 2.05) is 25.7 Å². The highest BCUT2D eigenvalue weighted by Gasteiger charge is 2.38. The Balaban J connectivity index is 1.39. The van der Waals surface area contributed by atoms with Gasteiger partial charge in [0.15, 0.2) is 0 Å². The fourth-order valence-electron chi connectivity index (χ4n) is 4.39. The van der Waals surface area contributed by atoms with E-state index in [1.165, 1.54) is 0 Å². The number of piperazine rings is 1. The monoisotopic (exact) mass is 429 g/mol. The van der Waals surface area contributed by atoms with Gasteiger partial charge in [-0.05, 0) is 45.0 Å². The van der Waals surface area contributed by atoms with E-state index in [9.17, 15) is 9.90 Å². The quantitative estimate of drug-likeness (QED) is 0.805. The van der Waals surface area contributed by atoms with Crippen LogP contribution < -0.4 is 4.90 Å². The molecule has 2 aromatic rings. The first-order valence-electron chi connectivity index (χ1n) is 10.4. The highest BCUT2D eigenvalue weighted by molar-refractivity contribution is 6.30. The van der Waals surface area contributed by atoms with Crippen LogP contribution in [-0.2, 0) is 0 Å². The smallest absolute Gasteiger partial charge is 0.253 e. The molecule has 0 bridgehead atoms. The van der Waals surface area contributed by atoms with Gasteiger partial charge in [-0.25, -0.2) is 9.97 Å². The number of nitrogens with zero attached hydrogens (tertiary/aromatic N) is 5. The van der Waals surface area contributed by atoms with Crippen molar-refractivity contribution in [2.75, 3.05) is 44.2 Å². The summed E-state index contributed by atoms with van der Waals surface area (Å²) < 4.78 is 0. The summed E-state index contributed by atoms with van der Waals surface area (Å²) >= 11 is 5.92. The minimum Gasteiger partial charge on any atom is -0.390 e. The molecule has 0 radical (unpaired) electrons. The number of β-amino-alcohol motifs (C(OH)–C–C–N with tert-alkyl or cyclic N) is 1. The number of aromatic nitrogens is 2. The Bertz CT molecular complexity index is 928. The van der Waals surface area contributed by atoms with Gasteiger partial charge in [-0.2, -0.15) is 0 Å². The van der Waals surface area contributed by atoms with Crippen LogP contribution in [0.4, 0.5) is 5.82 Å². The van der Waals surface area contributed by atoms with Gasteiger partial charge in [0.2, 0.25) is 0 Å². The van der Waals surface area contributed by atoms with Gasteiger partial charge in [0.25, 0.3) is 5.91 Å². The summed E-state index contributed by atoms with van der Waals surface area (Å²) in [5, 5.41) is 11.4. The Hall–Kier alpha value is -2.22.